The number of piperidine rings is 1. The first-order valence-electron chi connectivity index (χ1n) is 6.21. The molecule has 2 rings (SSSR count). The Labute approximate surface area is 109 Å². The van der Waals surface area contributed by atoms with Gasteiger partial charge in [0.15, 0.2) is 0 Å². The second-order valence-corrected chi connectivity index (χ2v) is 6.45. The van der Waals surface area contributed by atoms with Crippen LogP contribution < -0.4 is 4.74 Å². The van der Waals surface area contributed by atoms with Crippen LogP contribution in [0, 0.1) is 6.92 Å². The Kier molecular flexibility index (Phi) is 3.92. The van der Waals surface area contributed by atoms with Crippen molar-refractivity contribution in [1.29, 1.82) is 0 Å². The molecule has 0 bridgehead atoms. The van der Waals surface area contributed by atoms with Crippen LogP contribution >= 0.6 is 0 Å². The quantitative estimate of drug-likeness (QED) is 0.845. The molecule has 0 aromatic heterocycles. The van der Waals surface area contributed by atoms with Crippen molar-refractivity contribution in [2.45, 2.75) is 31.1 Å². The van der Waals surface area contributed by atoms with Crippen LogP contribution in [0.3, 0.4) is 0 Å². The van der Waals surface area contributed by atoms with E-state index in [1.54, 1.807) is 36.5 Å². The van der Waals surface area contributed by atoms with Gasteiger partial charge in [-0.1, -0.05) is 12.5 Å². The Balaban J connectivity index is 2.40. The molecule has 1 heterocycles. The van der Waals surface area contributed by atoms with Gasteiger partial charge in [0, 0.05) is 18.7 Å². The van der Waals surface area contributed by atoms with E-state index in [9.17, 15) is 8.42 Å². The maximum absolute atomic E-state index is 12.5. The Bertz CT molecular complexity index is 519. The highest BCUT2D eigenvalue weighted by molar-refractivity contribution is 7.89. The molecule has 1 aliphatic rings. The summed E-state index contributed by atoms with van der Waals surface area (Å²) in [5.74, 6) is 0.619. The number of hydrogen-bond donors (Lipinski definition) is 0. The SMILES string of the molecule is COc1cccc(S(=O)(=O)N2CCCCC2)c1C. The van der Waals surface area contributed by atoms with Gasteiger partial charge < -0.3 is 4.74 Å². The summed E-state index contributed by atoms with van der Waals surface area (Å²) < 4.78 is 31.9. The van der Waals surface area contributed by atoms with Gasteiger partial charge in [0.1, 0.15) is 5.75 Å². The summed E-state index contributed by atoms with van der Waals surface area (Å²) in [6.07, 6.45) is 3.01. The Hall–Kier alpha value is -1.07. The number of benzene rings is 1. The van der Waals surface area contributed by atoms with E-state index >= 15 is 0 Å². The van der Waals surface area contributed by atoms with Gasteiger partial charge in [-0.05, 0) is 31.9 Å². The van der Waals surface area contributed by atoms with Crippen LogP contribution in [0.5, 0.6) is 5.75 Å². The van der Waals surface area contributed by atoms with E-state index < -0.39 is 10.0 Å². The van der Waals surface area contributed by atoms with Gasteiger partial charge in [-0.15, -0.1) is 0 Å². The van der Waals surface area contributed by atoms with E-state index in [1.807, 2.05) is 0 Å². The summed E-state index contributed by atoms with van der Waals surface area (Å²) in [5, 5.41) is 0. The van der Waals surface area contributed by atoms with Crippen LogP contribution in [-0.4, -0.2) is 32.9 Å². The van der Waals surface area contributed by atoms with Crippen molar-refractivity contribution in [3.05, 3.63) is 23.8 Å². The van der Waals surface area contributed by atoms with E-state index in [2.05, 4.69) is 0 Å². The first-order chi connectivity index (χ1) is 8.57. The highest BCUT2D eigenvalue weighted by Crippen LogP contribution is 2.28. The van der Waals surface area contributed by atoms with Crippen molar-refractivity contribution in [3.63, 3.8) is 0 Å². The van der Waals surface area contributed by atoms with Crippen LogP contribution in [-0.2, 0) is 10.0 Å². The third kappa shape index (κ3) is 2.37. The van der Waals surface area contributed by atoms with Crippen LogP contribution in [0.2, 0.25) is 0 Å². The molecule has 1 aromatic carbocycles. The van der Waals surface area contributed by atoms with Gasteiger partial charge in [-0.3, -0.25) is 0 Å². The first-order valence-corrected chi connectivity index (χ1v) is 7.65. The van der Waals surface area contributed by atoms with Crippen molar-refractivity contribution < 1.29 is 13.2 Å². The molecule has 0 spiro atoms. The van der Waals surface area contributed by atoms with Crippen LogP contribution in [0.1, 0.15) is 24.8 Å². The van der Waals surface area contributed by atoms with Crippen LogP contribution in [0.4, 0.5) is 0 Å². The fourth-order valence-corrected chi connectivity index (χ4v) is 4.09. The second-order valence-electron chi connectivity index (χ2n) is 4.55. The third-order valence-corrected chi connectivity index (χ3v) is 5.43. The molecule has 0 unspecified atom stereocenters. The largest absolute Gasteiger partial charge is 0.496 e. The molecule has 0 saturated carbocycles. The summed E-state index contributed by atoms with van der Waals surface area (Å²) in [7, 11) is -1.82. The maximum atomic E-state index is 12.5. The molecule has 100 valence electrons. The number of methoxy groups -OCH3 is 1. The lowest BCUT2D eigenvalue weighted by Crippen LogP contribution is -2.35. The predicted molar refractivity (Wildman–Crippen MR) is 70.3 cm³/mol. The molecule has 1 aliphatic heterocycles. The molecule has 1 aromatic rings. The predicted octanol–water partition coefficient (Wildman–Crippen LogP) is 2.18. The van der Waals surface area contributed by atoms with E-state index in [-0.39, 0.29) is 0 Å². The van der Waals surface area contributed by atoms with Crippen molar-refractivity contribution in [2.24, 2.45) is 0 Å². The Morgan fingerprint density at radius 2 is 1.83 bits per heavy atom. The van der Waals surface area contributed by atoms with Crippen molar-refractivity contribution >= 4 is 10.0 Å². The highest BCUT2D eigenvalue weighted by Gasteiger charge is 2.27. The lowest BCUT2D eigenvalue weighted by atomic mass is 10.2. The lowest BCUT2D eigenvalue weighted by molar-refractivity contribution is 0.346. The zero-order chi connectivity index (χ0) is 13.2. The standard InChI is InChI=1S/C13H19NO3S/c1-11-12(17-2)7-6-8-13(11)18(15,16)14-9-4-3-5-10-14/h6-8H,3-5,9-10H2,1-2H3. The zero-order valence-electron chi connectivity index (χ0n) is 10.8. The van der Waals surface area contributed by atoms with Gasteiger partial charge in [-0.25, -0.2) is 8.42 Å². The van der Waals surface area contributed by atoms with Gasteiger partial charge >= 0.3 is 0 Å². The Morgan fingerprint density at radius 3 is 2.44 bits per heavy atom. The van der Waals surface area contributed by atoms with Crippen molar-refractivity contribution in [2.75, 3.05) is 20.2 Å². The molecule has 1 saturated heterocycles. The van der Waals surface area contributed by atoms with Crippen LogP contribution in [0.25, 0.3) is 0 Å². The molecule has 0 N–H and O–H groups in total. The zero-order valence-corrected chi connectivity index (χ0v) is 11.7. The lowest BCUT2D eigenvalue weighted by Gasteiger charge is -2.26. The van der Waals surface area contributed by atoms with E-state index in [1.165, 1.54) is 0 Å². The molecular weight excluding hydrogens is 250 g/mol. The van der Waals surface area contributed by atoms with E-state index in [0.29, 0.717) is 29.3 Å². The monoisotopic (exact) mass is 269 g/mol. The summed E-state index contributed by atoms with van der Waals surface area (Å²) in [6, 6.07) is 5.16. The average molecular weight is 269 g/mol. The maximum Gasteiger partial charge on any atom is 0.243 e. The summed E-state index contributed by atoms with van der Waals surface area (Å²) in [5.41, 5.74) is 0.686. The van der Waals surface area contributed by atoms with Gasteiger partial charge in [0.25, 0.3) is 0 Å². The first kappa shape index (κ1) is 13.4. The van der Waals surface area contributed by atoms with Gasteiger partial charge in [-0.2, -0.15) is 4.31 Å². The topological polar surface area (TPSA) is 46.6 Å². The number of sulfonamides is 1. The fourth-order valence-electron chi connectivity index (χ4n) is 2.34. The van der Waals surface area contributed by atoms with Crippen molar-refractivity contribution in [1.82, 2.24) is 4.31 Å². The summed E-state index contributed by atoms with van der Waals surface area (Å²) in [6.45, 7) is 3.04. The van der Waals surface area contributed by atoms with E-state index in [0.717, 1.165) is 19.3 Å². The molecule has 0 aliphatic carbocycles. The highest BCUT2D eigenvalue weighted by atomic mass is 32.2. The Morgan fingerprint density at radius 1 is 1.17 bits per heavy atom. The second kappa shape index (κ2) is 5.28. The molecule has 1 fully saturated rings. The van der Waals surface area contributed by atoms with Gasteiger partial charge in [0.2, 0.25) is 10.0 Å². The van der Waals surface area contributed by atoms with Gasteiger partial charge in [0.05, 0.1) is 12.0 Å². The molecule has 5 heteroatoms. The molecule has 0 amide bonds. The summed E-state index contributed by atoms with van der Waals surface area (Å²) in [4.78, 5) is 0.365. The molecule has 0 atom stereocenters. The molecule has 18 heavy (non-hydrogen) atoms. The summed E-state index contributed by atoms with van der Waals surface area (Å²) >= 11 is 0. The minimum atomic E-state index is -3.37. The molecular formula is C13H19NO3S. The average Bonchev–Trinajstić information content (AvgIpc) is 2.40. The minimum Gasteiger partial charge on any atom is -0.496 e. The smallest absolute Gasteiger partial charge is 0.243 e. The minimum absolute atomic E-state index is 0.365. The fraction of sp³-hybridized carbons (Fsp3) is 0.538. The molecule has 4 nitrogen and oxygen atoms in total. The number of hydrogen-bond acceptors (Lipinski definition) is 3. The van der Waals surface area contributed by atoms with Crippen LogP contribution in [0.15, 0.2) is 23.1 Å². The number of nitrogens with zero attached hydrogens (tertiary/aromatic N) is 1. The number of ether oxygens (including phenoxy) is 1. The number of rotatable bonds is 3. The van der Waals surface area contributed by atoms with Crippen molar-refractivity contribution in [3.8, 4) is 5.75 Å². The normalized spacial score (nSPS) is 17.7. The third-order valence-electron chi connectivity index (χ3n) is 3.39. The van der Waals surface area contributed by atoms with E-state index in [4.69, 9.17) is 4.74 Å². The molecule has 0 radical (unpaired) electrons.